The van der Waals surface area contributed by atoms with Crippen LogP contribution >= 0.6 is 11.9 Å². The number of aryl methyl sites for hydroxylation is 1. The maximum absolute atomic E-state index is 10.7. The van der Waals surface area contributed by atoms with E-state index in [-0.39, 0.29) is 0 Å². The second-order valence-electron chi connectivity index (χ2n) is 4.89. The van der Waals surface area contributed by atoms with Crippen molar-refractivity contribution in [2.24, 2.45) is 0 Å². The second-order valence-corrected chi connectivity index (χ2v) is 5.76. The Morgan fingerprint density at radius 1 is 1.23 bits per heavy atom. The smallest absolute Gasteiger partial charge is 0.150 e. The molecule has 5 heteroatoms. The minimum atomic E-state index is 0.650. The summed E-state index contributed by atoms with van der Waals surface area (Å²) in [7, 11) is 0. The molecule has 0 saturated carbocycles. The zero-order valence-corrected chi connectivity index (χ0v) is 12.7. The molecular weight excluding hydrogens is 294 g/mol. The molecular formula is C17H13N3OS. The van der Waals surface area contributed by atoms with Gasteiger partial charge >= 0.3 is 0 Å². The number of carbonyl (C=O) groups is 1. The van der Waals surface area contributed by atoms with E-state index in [4.69, 9.17) is 0 Å². The number of rotatable bonds is 4. The Morgan fingerprint density at radius 3 is 2.68 bits per heavy atom. The van der Waals surface area contributed by atoms with Gasteiger partial charge in [0.2, 0.25) is 0 Å². The van der Waals surface area contributed by atoms with Crippen molar-refractivity contribution in [3.05, 3.63) is 59.3 Å². The minimum absolute atomic E-state index is 0.650. The van der Waals surface area contributed by atoms with Gasteiger partial charge in [0.15, 0.2) is 0 Å². The Morgan fingerprint density at radius 2 is 2.00 bits per heavy atom. The number of hydrogen-bond donors (Lipinski definition) is 2. The third kappa shape index (κ3) is 2.57. The fraction of sp³-hybridized carbons (Fsp3) is 0.0588. The molecule has 0 atom stereocenters. The summed E-state index contributed by atoms with van der Waals surface area (Å²) in [5, 5.41) is 10.1. The third-order valence-electron chi connectivity index (χ3n) is 3.46. The lowest BCUT2D eigenvalue weighted by atomic mass is 10.1. The van der Waals surface area contributed by atoms with Crippen LogP contribution in [0.4, 0.5) is 5.69 Å². The number of H-pyrrole nitrogens is 1. The van der Waals surface area contributed by atoms with Gasteiger partial charge in [-0.2, -0.15) is 5.26 Å². The highest BCUT2D eigenvalue weighted by atomic mass is 32.2. The van der Waals surface area contributed by atoms with E-state index in [1.165, 1.54) is 11.9 Å². The largest absolute Gasteiger partial charge is 0.358 e. The number of nitriles is 1. The van der Waals surface area contributed by atoms with Crippen molar-refractivity contribution in [2.45, 2.75) is 11.8 Å². The van der Waals surface area contributed by atoms with Gasteiger partial charge in [0.25, 0.3) is 0 Å². The molecule has 0 bridgehead atoms. The number of nitrogens with one attached hydrogen (secondary N) is 2. The summed E-state index contributed by atoms with van der Waals surface area (Å²) >= 11 is 1.46. The molecule has 1 heterocycles. The highest BCUT2D eigenvalue weighted by Crippen LogP contribution is 2.31. The molecule has 0 amide bonds. The Balaban J connectivity index is 1.88. The molecule has 2 aromatic carbocycles. The summed E-state index contributed by atoms with van der Waals surface area (Å²) in [4.78, 5) is 14.8. The van der Waals surface area contributed by atoms with E-state index in [1.807, 2.05) is 31.2 Å². The third-order valence-corrected chi connectivity index (χ3v) is 4.29. The summed E-state index contributed by atoms with van der Waals surface area (Å²) in [5.41, 5.74) is 4.22. The number of aromatic nitrogens is 1. The number of carbonyl (C=O) groups excluding carboxylic acids is 1. The van der Waals surface area contributed by atoms with Crippen LogP contribution in [0.1, 0.15) is 21.5 Å². The number of anilines is 1. The number of fused-ring (bicyclic) bond motifs is 1. The predicted octanol–water partition coefficient (Wildman–Crippen LogP) is 4.28. The Bertz CT molecular complexity index is 875. The van der Waals surface area contributed by atoms with Crippen molar-refractivity contribution >= 4 is 34.8 Å². The fourth-order valence-electron chi connectivity index (χ4n) is 2.32. The molecule has 4 nitrogen and oxygen atoms in total. The summed E-state index contributed by atoms with van der Waals surface area (Å²) in [6, 6.07) is 13.5. The van der Waals surface area contributed by atoms with Crippen LogP contribution in [0.2, 0.25) is 0 Å². The van der Waals surface area contributed by atoms with Crippen LogP contribution < -0.4 is 4.72 Å². The molecule has 108 valence electrons. The Hall–Kier alpha value is -2.71. The van der Waals surface area contributed by atoms with E-state index >= 15 is 0 Å². The van der Waals surface area contributed by atoms with E-state index in [9.17, 15) is 10.1 Å². The van der Waals surface area contributed by atoms with Crippen LogP contribution in [-0.4, -0.2) is 11.3 Å². The number of nitrogens with zero attached hydrogens (tertiary/aromatic N) is 1. The topological polar surface area (TPSA) is 68.7 Å². The molecule has 3 rings (SSSR count). The second kappa shape index (κ2) is 5.96. The monoisotopic (exact) mass is 307 g/mol. The number of aromatic amines is 1. The molecule has 0 saturated heterocycles. The minimum Gasteiger partial charge on any atom is -0.358 e. The first-order valence-corrected chi connectivity index (χ1v) is 7.53. The number of aldehydes is 1. The van der Waals surface area contributed by atoms with Crippen LogP contribution in [0.5, 0.6) is 0 Å². The molecule has 0 fully saturated rings. The number of benzene rings is 2. The van der Waals surface area contributed by atoms with Crippen molar-refractivity contribution < 1.29 is 4.79 Å². The molecule has 0 spiro atoms. The van der Waals surface area contributed by atoms with Gasteiger partial charge in [-0.3, -0.25) is 4.79 Å². The van der Waals surface area contributed by atoms with Crippen LogP contribution in [0.3, 0.4) is 0 Å². The maximum Gasteiger partial charge on any atom is 0.150 e. The molecule has 0 unspecified atom stereocenters. The van der Waals surface area contributed by atoms with Crippen molar-refractivity contribution in [3.63, 3.8) is 0 Å². The standard InChI is InChI=1S/C17H13N3OS/c1-11-2-7-15(17-16(11)13(8-18)9-19-17)20-22-14-5-3-12(10-21)4-6-14/h2-7,9-10,19-20H,1H3. The quantitative estimate of drug-likeness (QED) is 0.557. The van der Waals surface area contributed by atoms with Gasteiger partial charge in [0.05, 0.1) is 16.8 Å². The summed E-state index contributed by atoms with van der Waals surface area (Å²) in [6.07, 6.45) is 2.56. The molecule has 0 aliphatic heterocycles. The first-order chi connectivity index (χ1) is 10.7. The summed E-state index contributed by atoms with van der Waals surface area (Å²) in [5.74, 6) is 0. The van der Waals surface area contributed by atoms with Crippen LogP contribution in [0.25, 0.3) is 10.9 Å². The lowest BCUT2D eigenvalue weighted by Gasteiger charge is -2.08. The predicted molar refractivity (Wildman–Crippen MR) is 89.1 cm³/mol. The van der Waals surface area contributed by atoms with Gasteiger partial charge in [-0.25, -0.2) is 0 Å². The molecule has 0 radical (unpaired) electrons. The zero-order chi connectivity index (χ0) is 15.5. The van der Waals surface area contributed by atoms with E-state index in [2.05, 4.69) is 15.8 Å². The molecule has 0 aliphatic carbocycles. The van der Waals surface area contributed by atoms with E-state index in [0.29, 0.717) is 11.1 Å². The molecule has 3 aromatic rings. The average Bonchev–Trinajstić information content (AvgIpc) is 3.00. The average molecular weight is 307 g/mol. The summed E-state index contributed by atoms with van der Waals surface area (Å²) in [6.45, 7) is 1.99. The highest BCUT2D eigenvalue weighted by Gasteiger charge is 2.10. The lowest BCUT2D eigenvalue weighted by Crippen LogP contribution is -1.90. The van der Waals surface area contributed by atoms with Crippen LogP contribution in [0, 0.1) is 18.3 Å². The maximum atomic E-state index is 10.7. The van der Waals surface area contributed by atoms with Gasteiger partial charge < -0.3 is 9.71 Å². The van der Waals surface area contributed by atoms with Crippen LogP contribution in [-0.2, 0) is 0 Å². The Labute approximate surface area is 132 Å². The van der Waals surface area contributed by atoms with Crippen molar-refractivity contribution in [3.8, 4) is 6.07 Å². The van der Waals surface area contributed by atoms with Crippen LogP contribution in [0.15, 0.2) is 47.5 Å². The SMILES string of the molecule is Cc1ccc(NSc2ccc(C=O)cc2)c2[nH]cc(C#N)c12. The van der Waals surface area contributed by atoms with Gasteiger partial charge in [-0.05, 0) is 42.6 Å². The lowest BCUT2D eigenvalue weighted by molar-refractivity contribution is 0.112. The number of hydrogen-bond acceptors (Lipinski definition) is 4. The molecule has 1 aromatic heterocycles. The first-order valence-electron chi connectivity index (χ1n) is 6.72. The van der Waals surface area contributed by atoms with Gasteiger partial charge in [-0.1, -0.05) is 18.2 Å². The first kappa shape index (κ1) is 14.2. The van der Waals surface area contributed by atoms with E-state index < -0.39 is 0 Å². The van der Waals surface area contributed by atoms with Crippen molar-refractivity contribution in [2.75, 3.05) is 4.72 Å². The Kier molecular flexibility index (Phi) is 3.86. The van der Waals surface area contributed by atoms with Crippen molar-refractivity contribution in [1.29, 1.82) is 5.26 Å². The van der Waals surface area contributed by atoms with Gasteiger partial charge in [-0.15, -0.1) is 0 Å². The zero-order valence-electron chi connectivity index (χ0n) is 11.9. The van der Waals surface area contributed by atoms with E-state index in [0.717, 1.165) is 33.3 Å². The fourth-order valence-corrected chi connectivity index (χ4v) is 2.99. The molecule has 22 heavy (non-hydrogen) atoms. The normalized spacial score (nSPS) is 10.4. The van der Waals surface area contributed by atoms with Gasteiger partial charge in [0.1, 0.15) is 12.4 Å². The van der Waals surface area contributed by atoms with Crippen molar-refractivity contribution in [1.82, 2.24) is 4.98 Å². The van der Waals surface area contributed by atoms with Gasteiger partial charge in [0, 0.05) is 22.0 Å². The summed E-state index contributed by atoms with van der Waals surface area (Å²) < 4.78 is 3.29. The van der Waals surface area contributed by atoms with E-state index in [1.54, 1.807) is 18.3 Å². The highest BCUT2D eigenvalue weighted by molar-refractivity contribution is 8.00. The molecule has 2 N–H and O–H groups in total. The molecule has 0 aliphatic rings.